The summed E-state index contributed by atoms with van der Waals surface area (Å²) in [6, 6.07) is 5.38. The number of carbonyl (C=O) groups is 1. The summed E-state index contributed by atoms with van der Waals surface area (Å²) in [5, 5.41) is 14.3. The van der Waals surface area contributed by atoms with E-state index in [-0.39, 0.29) is 11.8 Å². The molecule has 1 aromatic heterocycles. The van der Waals surface area contributed by atoms with Crippen LogP contribution in [0.4, 0.5) is 9.18 Å². The summed E-state index contributed by atoms with van der Waals surface area (Å²) in [7, 11) is 1.69. The lowest BCUT2D eigenvalue weighted by molar-refractivity contribution is 0.00638. The van der Waals surface area contributed by atoms with E-state index in [0.29, 0.717) is 25.3 Å². The van der Waals surface area contributed by atoms with Crippen LogP contribution in [0.1, 0.15) is 95.6 Å². The molecule has 0 aliphatic carbocycles. The molecule has 1 heterocycles. The highest BCUT2D eigenvalue weighted by Crippen LogP contribution is 2.30. The first kappa shape index (κ1) is 26.8. The Morgan fingerprint density at radius 2 is 1.85 bits per heavy atom. The van der Waals surface area contributed by atoms with Crippen LogP contribution in [-0.4, -0.2) is 33.7 Å². The van der Waals surface area contributed by atoms with Crippen LogP contribution in [0.25, 0.3) is 0 Å². The van der Waals surface area contributed by atoms with Crippen LogP contribution >= 0.6 is 0 Å². The standard InChI is InChI=1S/C26H40FN3O3/c1-4-6-7-8-9-16-26(32,15-5-2)17-14-23(24-28-18-19-33-24)29-25(31)30(3)20-21-10-12-22(27)13-11-21/h10-13,18-19,23,32H,4-9,14-17,20H2,1-3H3,(H,29,31)/t23-,26?/m0/s1. The number of aromatic nitrogens is 1. The van der Waals surface area contributed by atoms with Crippen molar-refractivity contribution in [1.82, 2.24) is 15.2 Å². The smallest absolute Gasteiger partial charge is 0.318 e. The molecular weight excluding hydrogens is 421 g/mol. The molecule has 2 rings (SSSR count). The third kappa shape index (κ3) is 9.54. The highest BCUT2D eigenvalue weighted by molar-refractivity contribution is 5.74. The summed E-state index contributed by atoms with van der Waals surface area (Å²) in [5.41, 5.74) is 0.0819. The monoisotopic (exact) mass is 461 g/mol. The lowest BCUT2D eigenvalue weighted by Gasteiger charge is -2.30. The number of nitrogens with one attached hydrogen (secondary N) is 1. The first-order chi connectivity index (χ1) is 15.9. The number of oxazole rings is 1. The third-order valence-corrected chi connectivity index (χ3v) is 6.09. The first-order valence-corrected chi connectivity index (χ1v) is 12.2. The number of halogens is 1. The molecule has 0 radical (unpaired) electrons. The van der Waals surface area contributed by atoms with Gasteiger partial charge in [-0.1, -0.05) is 64.5 Å². The van der Waals surface area contributed by atoms with Gasteiger partial charge in [0.15, 0.2) is 0 Å². The summed E-state index contributed by atoms with van der Waals surface area (Å²) in [5.74, 6) is 0.125. The Hall–Kier alpha value is -2.41. The molecule has 0 saturated heterocycles. The van der Waals surface area contributed by atoms with Crippen molar-refractivity contribution in [3.05, 3.63) is 54.0 Å². The number of unbranched alkanes of at least 4 members (excludes halogenated alkanes) is 4. The molecule has 0 bridgehead atoms. The van der Waals surface area contributed by atoms with Crippen LogP contribution in [0.15, 0.2) is 41.1 Å². The van der Waals surface area contributed by atoms with Crippen LogP contribution in [0.3, 0.4) is 0 Å². The van der Waals surface area contributed by atoms with Crippen LogP contribution in [-0.2, 0) is 6.54 Å². The maximum atomic E-state index is 13.1. The van der Waals surface area contributed by atoms with Gasteiger partial charge < -0.3 is 19.7 Å². The minimum Gasteiger partial charge on any atom is -0.447 e. The van der Waals surface area contributed by atoms with Gasteiger partial charge in [0.25, 0.3) is 0 Å². The zero-order chi connectivity index (χ0) is 24.1. The van der Waals surface area contributed by atoms with E-state index in [4.69, 9.17) is 4.42 Å². The number of benzene rings is 1. The molecule has 2 N–H and O–H groups in total. The van der Waals surface area contributed by atoms with Gasteiger partial charge in [0, 0.05) is 13.6 Å². The van der Waals surface area contributed by atoms with E-state index in [0.717, 1.165) is 37.7 Å². The number of urea groups is 1. The fraction of sp³-hybridized carbons (Fsp3) is 0.615. The Labute approximate surface area is 197 Å². The van der Waals surface area contributed by atoms with E-state index in [2.05, 4.69) is 24.1 Å². The summed E-state index contributed by atoms with van der Waals surface area (Å²) < 4.78 is 18.6. The molecule has 2 aromatic rings. The van der Waals surface area contributed by atoms with E-state index >= 15 is 0 Å². The van der Waals surface area contributed by atoms with Gasteiger partial charge in [-0.2, -0.15) is 0 Å². The Balaban J connectivity index is 1.97. The van der Waals surface area contributed by atoms with Gasteiger partial charge in [0.05, 0.1) is 11.8 Å². The average molecular weight is 462 g/mol. The molecule has 7 heteroatoms. The fourth-order valence-electron chi connectivity index (χ4n) is 4.17. The Kier molecular flexibility index (Phi) is 11.4. The Bertz CT molecular complexity index is 798. The normalized spacial score (nSPS) is 14.0. The minimum atomic E-state index is -0.753. The summed E-state index contributed by atoms with van der Waals surface area (Å²) in [4.78, 5) is 18.6. The second-order valence-corrected chi connectivity index (χ2v) is 9.03. The lowest BCUT2D eigenvalue weighted by Crippen LogP contribution is -2.40. The van der Waals surface area contributed by atoms with Crippen LogP contribution in [0.2, 0.25) is 0 Å². The molecule has 0 fully saturated rings. The lowest BCUT2D eigenvalue weighted by atomic mass is 9.85. The number of amides is 2. The van der Waals surface area contributed by atoms with E-state index in [1.807, 2.05) is 0 Å². The van der Waals surface area contributed by atoms with E-state index in [1.54, 1.807) is 25.4 Å². The van der Waals surface area contributed by atoms with Crippen molar-refractivity contribution in [2.75, 3.05) is 7.05 Å². The molecule has 6 nitrogen and oxygen atoms in total. The van der Waals surface area contributed by atoms with Crippen molar-refractivity contribution in [2.45, 2.75) is 96.2 Å². The van der Waals surface area contributed by atoms with Crippen molar-refractivity contribution in [3.8, 4) is 0 Å². The highest BCUT2D eigenvalue weighted by atomic mass is 19.1. The zero-order valence-electron chi connectivity index (χ0n) is 20.4. The maximum absolute atomic E-state index is 13.1. The van der Waals surface area contributed by atoms with E-state index in [9.17, 15) is 14.3 Å². The van der Waals surface area contributed by atoms with Gasteiger partial charge in [-0.3, -0.25) is 0 Å². The molecule has 2 amide bonds. The quantitative estimate of drug-likeness (QED) is 0.302. The SMILES string of the molecule is CCCCCCCC(O)(CCC)CC[C@H](NC(=O)N(C)Cc1ccc(F)cc1)c1ncco1. The second kappa shape index (κ2) is 14.0. The van der Waals surface area contributed by atoms with Crippen molar-refractivity contribution in [3.63, 3.8) is 0 Å². The zero-order valence-corrected chi connectivity index (χ0v) is 20.4. The molecular formula is C26H40FN3O3. The summed E-state index contributed by atoms with van der Waals surface area (Å²) in [6.45, 7) is 4.63. The molecule has 0 saturated carbocycles. The van der Waals surface area contributed by atoms with Crippen molar-refractivity contribution >= 4 is 6.03 Å². The van der Waals surface area contributed by atoms with Crippen LogP contribution in [0, 0.1) is 5.82 Å². The highest BCUT2D eigenvalue weighted by Gasteiger charge is 2.29. The van der Waals surface area contributed by atoms with Crippen molar-refractivity contribution in [2.24, 2.45) is 0 Å². The van der Waals surface area contributed by atoms with Gasteiger partial charge in [-0.25, -0.2) is 14.2 Å². The predicted molar refractivity (Wildman–Crippen MR) is 128 cm³/mol. The molecule has 0 aliphatic rings. The van der Waals surface area contributed by atoms with E-state index < -0.39 is 11.6 Å². The van der Waals surface area contributed by atoms with Crippen molar-refractivity contribution < 1.29 is 18.7 Å². The second-order valence-electron chi connectivity index (χ2n) is 9.03. The average Bonchev–Trinajstić information content (AvgIpc) is 3.33. The molecule has 1 unspecified atom stereocenters. The summed E-state index contributed by atoms with van der Waals surface area (Å²) in [6.07, 6.45) is 12.3. The van der Waals surface area contributed by atoms with Crippen molar-refractivity contribution in [1.29, 1.82) is 0 Å². The Morgan fingerprint density at radius 1 is 1.12 bits per heavy atom. The Morgan fingerprint density at radius 3 is 2.48 bits per heavy atom. The number of hydrogen-bond acceptors (Lipinski definition) is 4. The molecule has 0 spiro atoms. The van der Waals surface area contributed by atoms with Gasteiger partial charge in [-0.15, -0.1) is 0 Å². The fourth-order valence-corrected chi connectivity index (χ4v) is 4.17. The number of hydrogen-bond donors (Lipinski definition) is 2. The molecule has 2 atom stereocenters. The van der Waals surface area contributed by atoms with Gasteiger partial charge in [0.1, 0.15) is 18.1 Å². The molecule has 184 valence electrons. The number of carbonyl (C=O) groups excluding carboxylic acids is 1. The van der Waals surface area contributed by atoms with Crippen LogP contribution < -0.4 is 5.32 Å². The molecule has 33 heavy (non-hydrogen) atoms. The van der Waals surface area contributed by atoms with Gasteiger partial charge in [0.2, 0.25) is 5.89 Å². The van der Waals surface area contributed by atoms with Gasteiger partial charge in [-0.05, 0) is 43.4 Å². The van der Waals surface area contributed by atoms with Crippen LogP contribution in [0.5, 0.6) is 0 Å². The summed E-state index contributed by atoms with van der Waals surface area (Å²) >= 11 is 0. The van der Waals surface area contributed by atoms with Gasteiger partial charge >= 0.3 is 6.03 Å². The number of rotatable bonds is 15. The topological polar surface area (TPSA) is 78.6 Å². The predicted octanol–water partition coefficient (Wildman–Crippen LogP) is 6.37. The molecule has 0 aliphatic heterocycles. The third-order valence-electron chi connectivity index (χ3n) is 6.09. The first-order valence-electron chi connectivity index (χ1n) is 12.2. The largest absolute Gasteiger partial charge is 0.447 e. The minimum absolute atomic E-state index is 0.277. The number of aliphatic hydroxyl groups is 1. The number of nitrogens with zero attached hydrogens (tertiary/aromatic N) is 2. The van der Waals surface area contributed by atoms with E-state index in [1.165, 1.54) is 42.6 Å². The molecule has 1 aromatic carbocycles. The maximum Gasteiger partial charge on any atom is 0.318 e.